The van der Waals surface area contributed by atoms with Crippen molar-refractivity contribution in [1.82, 2.24) is 15.0 Å². The lowest BCUT2D eigenvalue weighted by Crippen LogP contribution is -2.38. The Hall–Kier alpha value is -3.29. The van der Waals surface area contributed by atoms with E-state index in [-0.39, 0.29) is 28.7 Å². The van der Waals surface area contributed by atoms with Crippen molar-refractivity contribution >= 4 is 17.1 Å². The summed E-state index contributed by atoms with van der Waals surface area (Å²) in [5, 5.41) is 5.75. The fourth-order valence-corrected chi connectivity index (χ4v) is 2.35. The number of anilines is 3. The summed E-state index contributed by atoms with van der Waals surface area (Å²) in [6, 6.07) is 2.88. The van der Waals surface area contributed by atoms with Gasteiger partial charge in [0.15, 0.2) is 0 Å². The molecule has 24 heavy (non-hydrogen) atoms. The van der Waals surface area contributed by atoms with E-state index >= 15 is 0 Å². The van der Waals surface area contributed by atoms with Gasteiger partial charge in [-0.1, -0.05) is 6.92 Å². The summed E-state index contributed by atoms with van der Waals surface area (Å²) in [4.78, 5) is 46.2. The Morgan fingerprint density at radius 1 is 1.17 bits per heavy atom. The summed E-state index contributed by atoms with van der Waals surface area (Å²) in [5.74, 6) is 0. The van der Waals surface area contributed by atoms with E-state index in [1.165, 1.54) is 12.3 Å². The molecule has 3 rings (SSSR count). The topological polar surface area (TPSA) is 117 Å². The van der Waals surface area contributed by atoms with E-state index in [4.69, 9.17) is 0 Å². The fraction of sp³-hybridized carbons (Fsp3) is 0.188. The Balaban J connectivity index is 1.89. The minimum Gasteiger partial charge on any atom is -0.372 e. The van der Waals surface area contributed by atoms with Crippen LogP contribution in [0, 0.1) is 0 Å². The van der Waals surface area contributed by atoms with Crippen molar-refractivity contribution in [2.45, 2.75) is 19.4 Å². The van der Waals surface area contributed by atoms with Crippen molar-refractivity contribution in [1.29, 1.82) is 0 Å². The van der Waals surface area contributed by atoms with Crippen molar-refractivity contribution in [2.75, 3.05) is 10.6 Å². The van der Waals surface area contributed by atoms with E-state index in [1.807, 2.05) is 6.92 Å². The number of rotatable bonds is 6. The molecule has 0 bridgehead atoms. The van der Waals surface area contributed by atoms with Crippen LogP contribution in [0.25, 0.3) is 0 Å². The third-order valence-electron chi connectivity index (χ3n) is 3.66. The van der Waals surface area contributed by atoms with E-state index in [2.05, 4.69) is 25.6 Å². The van der Waals surface area contributed by atoms with Gasteiger partial charge in [0.2, 0.25) is 0 Å². The van der Waals surface area contributed by atoms with Crippen LogP contribution in [0.15, 0.2) is 51.3 Å². The molecule has 1 unspecified atom stereocenters. The molecule has 8 heteroatoms. The second-order valence-corrected chi connectivity index (χ2v) is 5.18. The molecule has 0 aliphatic heterocycles. The minimum atomic E-state index is -0.658. The molecule has 3 aromatic rings. The maximum absolute atomic E-state index is 11.9. The minimum absolute atomic E-state index is 0.0824. The van der Waals surface area contributed by atoms with Gasteiger partial charge in [0.1, 0.15) is 17.1 Å². The van der Waals surface area contributed by atoms with E-state index < -0.39 is 10.9 Å². The molecule has 0 aliphatic rings. The lowest BCUT2D eigenvalue weighted by atomic mass is 10.1. The molecule has 2 heterocycles. The number of pyridine rings is 1. The van der Waals surface area contributed by atoms with Crippen LogP contribution < -0.4 is 27.1 Å². The largest absolute Gasteiger partial charge is 0.372 e. The average Bonchev–Trinajstić information content (AvgIpc) is 2.63. The van der Waals surface area contributed by atoms with Gasteiger partial charge < -0.3 is 15.6 Å². The zero-order chi connectivity index (χ0) is 17.1. The quantitative estimate of drug-likeness (QED) is 0.580. The SMILES string of the molecule is CCC(Nc1c(Nc2ccc[nH]c2=O)c(=O)c1=O)c1cnccn1. The van der Waals surface area contributed by atoms with Crippen molar-refractivity contribution < 1.29 is 0 Å². The van der Waals surface area contributed by atoms with Gasteiger partial charge in [-0.25, -0.2) is 0 Å². The fourth-order valence-electron chi connectivity index (χ4n) is 2.35. The van der Waals surface area contributed by atoms with Gasteiger partial charge in [0.25, 0.3) is 16.4 Å². The molecule has 3 N–H and O–H groups in total. The van der Waals surface area contributed by atoms with E-state index in [1.54, 1.807) is 24.7 Å². The van der Waals surface area contributed by atoms with Crippen LogP contribution in [0.4, 0.5) is 17.1 Å². The summed E-state index contributed by atoms with van der Waals surface area (Å²) >= 11 is 0. The van der Waals surface area contributed by atoms with E-state index in [0.29, 0.717) is 12.1 Å². The van der Waals surface area contributed by atoms with Gasteiger partial charge in [-0.2, -0.15) is 0 Å². The van der Waals surface area contributed by atoms with Crippen molar-refractivity contribution in [3.05, 3.63) is 73.4 Å². The molecule has 1 atom stereocenters. The first kappa shape index (κ1) is 15.6. The highest BCUT2D eigenvalue weighted by Gasteiger charge is 2.24. The predicted octanol–water partition coefficient (Wildman–Crippen LogP) is 1.07. The van der Waals surface area contributed by atoms with Crippen LogP contribution in [0.5, 0.6) is 0 Å². The molecule has 0 aliphatic carbocycles. The number of nitrogens with one attached hydrogen (secondary N) is 3. The van der Waals surface area contributed by atoms with Gasteiger partial charge >= 0.3 is 0 Å². The van der Waals surface area contributed by atoms with Crippen LogP contribution in [0.1, 0.15) is 25.1 Å². The van der Waals surface area contributed by atoms with Gasteiger partial charge in [0, 0.05) is 18.6 Å². The number of aromatic amines is 1. The van der Waals surface area contributed by atoms with Crippen LogP contribution >= 0.6 is 0 Å². The highest BCUT2D eigenvalue weighted by atomic mass is 16.2. The molecule has 0 spiro atoms. The molecule has 8 nitrogen and oxygen atoms in total. The standard InChI is InChI=1S/C16H15N5O3/c1-2-9(11-8-17-6-7-18-11)20-12-13(15(23)14(12)22)21-10-4-3-5-19-16(10)24/h3-9,20-21H,2H2,1H3,(H,19,24). The number of hydrogen-bond donors (Lipinski definition) is 3. The lowest BCUT2D eigenvalue weighted by Gasteiger charge is -2.20. The first-order chi connectivity index (χ1) is 11.6. The van der Waals surface area contributed by atoms with Gasteiger partial charge in [-0.3, -0.25) is 24.4 Å². The predicted molar refractivity (Wildman–Crippen MR) is 90.4 cm³/mol. The molecule has 122 valence electrons. The molecule has 0 fully saturated rings. The van der Waals surface area contributed by atoms with Gasteiger partial charge in [-0.05, 0) is 18.6 Å². The monoisotopic (exact) mass is 325 g/mol. The summed E-state index contributed by atoms with van der Waals surface area (Å²) in [7, 11) is 0. The Morgan fingerprint density at radius 2 is 1.96 bits per heavy atom. The highest BCUT2D eigenvalue weighted by molar-refractivity contribution is 5.78. The van der Waals surface area contributed by atoms with Gasteiger partial charge in [0.05, 0.1) is 17.9 Å². The molecule has 2 aromatic heterocycles. The van der Waals surface area contributed by atoms with E-state index in [0.717, 1.165) is 0 Å². The van der Waals surface area contributed by atoms with Crippen molar-refractivity contribution in [3.8, 4) is 0 Å². The average molecular weight is 325 g/mol. The molecule has 0 radical (unpaired) electrons. The Bertz CT molecular complexity index is 973. The second-order valence-electron chi connectivity index (χ2n) is 5.18. The smallest absolute Gasteiger partial charge is 0.271 e. The van der Waals surface area contributed by atoms with Crippen LogP contribution in [-0.2, 0) is 0 Å². The number of nitrogens with zero attached hydrogens (tertiary/aromatic N) is 2. The number of aromatic nitrogens is 3. The third-order valence-corrected chi connectivity index (χ3v) is 3.66. The number of H-pyrrole nitrogens is 1. The third kappa shape index (κ3) is 2.81. The normalized spacial score (nSPS) is 12.0. The van der Waals surface area contributed by atoms with Gasteiger partial charge in [-0.15, -0.1) is 0 Å². The van der Waals surface area contributed by atoms with Crippen molar-refractivity contribution in [2.24, 2.45) is 0 Å². The summed E-state index contributed by atoms with van der Waals surface area (Å²) in [6.45, 7) is 1.92. The second kappa shape index (κ2) is 6.45. The molecule has 0 saturated heterocycles. The molecular formula is C16H15N5O3. The van der Waals surface area contributed by atoms with Crippen molar-refractivity contribution in [3.63, 3.8) is 0 Å². The van der Waals surface area contributed by atoms with Crippen LogP contribution in [-0.4, -0.2) is 15.0 Å². The summed E-state index contributed by atoms with van der Waals surface area (Å²) in [5.41, 5.74) is -0.559. The summed E-state index contributed by atoms with van der Waals surface area (Å²) < 4.78 is 0. The highest BCUT2D eigenvalue weighted by Crippen LogP contribution is 2.24. The van der Waals surface area contributed by atoms with Crippen LogP contribution in [0.2, 0.25) is 0 Å². The molecule has 0 saturated carbocycles. The first-order valence-corrected chi connectivity index (χ1v) is 7.42. The number of hydrogen-bond acceptors (Lipinski definition) is 7. The lowest BCUT2D eigenvalue weighted by molar-refractivity contribution is 0.716. The molecular weight excluding hydrogens is 310 g/mol. The Morgan fingerprint density at radius 3 is 2.62 bits per heavy atom. The van der Waals surface area contributed by atoms with E-state index in [9.17, 15) is 14.4 Å². The van der Waals surface area contributed by atoms with Crippen LogP contribution in [0.3, 0.4) is 0 Å². The summed E-state index contributed by atoms with van der Waals surface area (Å²) in [6.07, 6.45) is 6.84. The zero-order valence-electron chi connectivity index (χ0n) is 12.9. The molecule has 1 aromatic carbocycles. The first-order valence-electron chi connectivity index (χ1n) is 7.42. The zero-order valence-corrected chi connectivity index (χ0v) is 12.9. The molecule has 0 amide bonds. The Labute approximate surface area is 136 Å². The maximum Gasteiger partial charge on any atom is 0.271 e. The maximum atomic E-state index is 11.9. The Kier molecular flexibility index (Phi) is 4.19.